The van der Waals surface area contributed by atoms with Crippen molar-refractivity contribution in [2.24, 2.45) is 0 Å². The van der Waals surface area contributed by atoms with E-state index < -0.39 is 5.41 Å². The number of anilines is 2. The van der Waals surface area contributed by atoms with E-state index in [1.165, 1.54) is 36.1 Å². The minimum absolute atomic E-state index is 0.0542. The average Bonchev–Trinajstić information content (AvgIpc) is 3.52. The molecule has 1 fully saturated rings. The molecule has 1 aliphatic carbocycles. The standard InChI is InChI=1S/C27H25N5O/c33-26-27(21-5-4-10-28-25(21)31-26)15-18-13-22-23(14-19(18)16-27)30-24(29-22)17-6-8-20(9-7-17)32-11-2-1-3-12-32/h4-10,13-14H,1-3,11-12,15-16H2,(H,29,30)(H,28,31,33). The maximum Gasteiger partial charge on any atom is 0.237 e. The number of amides is 1. The molecule has 0 radical (unpaired) electrons. The summed E-state index contributed by atoms with van der Waals surface area (Å²) in [7, 11) is 0. The van der Waals surface area contributed by atoms with E-state index in [9.17, 15) is 4.79 Å². The summed E-state index contributed by atoms with van der Waals surface area (Å²) in [6.45, 7) is 2.30. The van der Waals surface area contributed by atoms with Crippen LogP contribution in [0.2, 0.25) is 0 Å². The Morgan fingerprint density at radius 1 is 0.939 bits per heavy atom. The number of pyridine rings is 1. The highest BCUT2D eigenvalue weighted by Gasteiger charge is 2.51. The number of nitrogens with one attached hydrogen (secondary N) is 2. The van der Waals surface area contributed by atoms with Crippen molar-refractivity contribution in [2.75, 3.05) is 23.3 Å². The van der Waals surface area contributed by atoms with Gasteiger partial charge in [-0.1, -0.05) is 6.07 Å². The second-order valence-corrected chi connectivity index (χ2v) is 9.61. The van der Waals surface area contributed by atoms with Crippen molar-refractivity contribution in [3.8, 4) is 11.4 Å². The number of H-pyrrole nitrogens is 1. The van der Waals surface area contributed by atoms with Gasteiger partial charge in [-0.2, -0.15) is 0 Å². The van der Waals surface area contributed by atoms with Crippen LogP contribution in [-0.4, -0.2) is 33.9 Å². The molecule has 0 saturated carbocycles. The summed E-state index contributed by atoms with van der Waals surface area (Å²) in [4.78, 5) is 28.2. The molecule has 1 saturated heterocycles. The predicted molar refractivity (Wildman–Crippen MR) is 130 cm³/mol. The molecule has 2 aromatic heterocycles. The second kappa shape index (κ2) is 6.91. The van der Waals surface area contributed by atoms with Crippen LogP contribution >= 0.6 is 0 Å². The molecule has 1 spiro atoms. The first kappa shape index (κ1) is 18.9. The van der Waals surface area contributed by atoms with Gasteiger partial charge in [0.1, 0.15) is 11.6 Å². The Hall–Kier alpha value is -3.67. The Labute approximate surface area is 192 Å². The van der Waals surface area contributed by atoms with Gasteiger partial charge in [0.15, 0.2) is 0 Å². The van der Waals surface area contributed by atoms with Crippen LogP contribution in [-0.2, 0) is 23.1 Å². The second-order valence-electron chi connectivity index (χ2n) is 9.61. The molecule has 4 heterocycles. The maximum absolute atomic E-state index is 13.0. The van der Waals surface area contributed by atoms with Crippen molar-refractivity contribution in [3.05, 3.63) is 71.4 Å². The normalized spacial score (nSPS) is 18.5. The summed E-state index contributed by atoms with van der Waals surface area (Å²) < 4.78 is 0. The third-order valence-electron chi connectivity index (χ3n) is 7.64. The first-order valence-electron chi connectivity index (χ1n) is 11.8. The van der Waals surface area contributed by atoms with Gasteiger partial charge in [0.2, 0.25) is 5.91 Å². The van der Waals surface area contributed by atoms with E-state index in [2.05, 4.69) is 56.6 Å². The van der Waals surface area contributed by atoms with Gasteiger partial charge in [-0.05, 0) is 85.7 Å². The number of benzene rings is 2. The fourth-order valence-electron chi connectivity index (χ4n) is 5.90. The SMILES string of the molecule is O=C1Nc2ncccc2C12Cc1cc3nc(-c4ccc(N5CCCCC5)cc4)[nH]c3cc1C2. The molecule has 0 bridgehead atoms. The zero-order valence-corrected chi connectivity index (χ0v) is 18.4. The number of aromatic nitrogens is 3. The molecular formula is C27H25N5O. The van der Waals surface area contributed by atoms with E-state index >= 15 is 0 Å². The van der Waals surface area contributed by atoms with Crippen molar-refractivity contribution in [1.82, 2.24) is 15.0 Å². The van der Waals surface area contributed by atoms with Crippen molar-refractivity contribution in [2.45, 2.75) is 37.5 Å². The number of hydrogen-bond donors (Lipinski definition) is 2. The van der Waals surface area contributed by atoms with Crippen LogP contribution in [0.3, 0.4) is 0 Å². The topological polar surface area (TPSA) is 73.9 Å². The van der Waals surface area contributed by atoms with Crippen molar-refractivity contribution >= 4 is 28.4 Å². The highest BCUT2D eigenvalue weighted by molar-refractivity contribution is 6.06. The molecule has 2 aliphatic heterocycles. The first-order chi connectivity index (χ1) is 16.2. The number of carbonyl (C=O) groups excluding carboxylic acids is 1. The molecule has 3 aliphatic rings. The van der Waals surface area contributed by atoms with Gasteiger partial charge in [0, 0.05) is 36.1 Å². The number of piperidine rings is 1. The van der Waals surface area contributed by atoms with Gasteiger partial charge in [0.05, 0.1) is 16.4 Å². The number of rotatable bonds is 2. The lowest BCUT2D eigenvalue weighted by molar-refractivity contribution is -0.120. The molecule has 6 nitrogen and oxygen atoms in total. The molecule has 2 aromatic carbocycles. The molecule has 6 heteroatoms. The Kier molecular flexibility index (Phi) is 3.95. The van der Waals surface area contributed by atoms with Gasteiger partial charge < -0.3 is 15.2 Å². The van der Waals surface area contributed by atoms with Gasteiger partial charge in [-0.15, -0.1) is 0 Å². The minimum atomic E-state index is -0.544. The van der Waals surface area contributed by atoms with E-state index in [-0.39, 0.29) is 5.91 Å². The van der Waals surface area contributed by atoms with Crippen LogP contribution in [0.25, 0.3) is 22.4 Å². The largest absolute Gasteiger partial charge is 0.372 e. The Morgan fingerprint density at radius 2 is 1.73 bits per heavy atom. The van der Waals surface area contributed by atoms with Crippen LogP contribution in [0, 0.1) is 0 Å². The fraction of sp³-hybridized carbons (Fsp3) is 0.296. The predicted octanol–water partition coefficient (Wildman–Crippen LogP) is 4.60. The lowest BCUT2D eigenvalue weighted by atomic mass is 9.79. The number of carbonyl (C=O) groups is 1. The van der Waals surface area contributed by atoms with E-state index in [1.54, 1.807) is 6.20 Å². The smallest absolute Gasteiger partial charge is 0.237 e. The van der Waals surface area contributed by atoms with E-state index in [0.29, 0.717) is 18.7 Å². The highest BCUT2D eigenvalue weighted by Crippen LogP contribution is 2.47. The van der Waals surface area contributed by atoms with Gasteiger partial charge in [-0.3, -0.25) is 4.79 Å². The van der Waals surface area contributed by atoms with E-state index in [1.807, 2.05) is 12.1 Å². The molecule has 1 atom stereocenters. The molecule has 1 amide bonds. The average molecular weight is 436 g/mol. The Bertz CT molecular complexity index is 1360. The lowest BCUT2D eigenvalue weighted by Crippen LogP contribution is -2.35. The maximum atomic E-state index is 13.0. The third kappa shape index (κ3) is 2.83. The number of imidazole rings is 1. The van der Waals surface area contributed by atoms with Crippen LogP contribution in [0.5, 0.6) is 0 Å². The van der Waals surface area contributed by atoms with Gasteiger partial charge >= 0.3 is 0 Å². The quantitative estimate of drug-likeness (QED) is 0.482. The van der Waals surface area contributed by atoms with Crippen molar-refractivity contribution < 1.29 is 4.79 Å². The van der Waals surface area contributed by atoms with Crippen LogP contribution in [0.15, 0.2) is 54.7 Å². The summed E-state index contributed by atoms with van der Waals surface area (Å²) >= 11 is 0. The molecule has 1 unspecified atom stereocenters. The summed E-state index contributed by atoms with van der Waals surface area (Å²) in [5.74, 6) is 1.65. The summed E-state index contributed by atoms with van der Waals surface area (Å²) in [6, 6.07) is 17.0. The Morgan fingerprint density at radius 3 is 2.55 bits per heavy atom. The summed E-state index contributed by atoms with van der Waals surface area (Å²) in [6.07, 6.45) is 7.01. The van der Waals surface area contributed by atoms with E-state index in [4.69, 9.17) is 4.98 Å². The molecular weight excluding hydrogens is 410 g/mol. The van der Waals surface area contributed by atoms with E-state index in [0.717, 1.165) is 41.1 Å². The van der Waals surface area contributed by atoms with Crippen LogP contribution in [0.4, 0.5) is 11.5 Å². The zero-order chi connectivity index (χ0) is 22.0. The molecule has 4 aromatic rings. The summed E-state index contributed by atoms with van der Waals surface area (Å²) in [5, 5.41) is 2.98. The number of hydrogen-bond acceptors (Lipinski definition) is 4. The third-order valence-corrected chi connectivity index (χ3v) is 7.64. The van der Waals surface area contributed by atoms with Crippen LogP contribution < -0.4 is 10.2 Å². The fourth-order valence-corrected chi connectivity index (χ4v) is 5.90. The first-order valence-corrected chi connectivity index (χ1v) is 11.8. The lowest BCUT2D eigenvalue weighted by Gasteiger charge is -2.28. The molecule has 7 rings (SSSR count). The van der Waals surface area contributed by atoms with Crippen molar-refractivity contribution in [1.29, 1.82) is 0 Å². The number of aromatic amines is 1. The summed E-state index contributed by atoms with van der Waals surface area (Å²) in [5.41, 5.74) is 7.24. The number of nitrogens with zero attached hydrogens (tertiary/aromatic N) is 3. The zero-order valence-electron chi connectivity index (χ0n) is 18.4. The van der Waals surface area contributed by atoms with Gasteiger partial charge in [0.25, 0.3) is 0 Å². The van der Waals surface area contributed by atoms with Crippen LogP contribution in [0.1, 0.15) is 36.0 Å². The molecule has 33 heavy (non-hydrogen) atoms. The molecule has 164 valence electrons. The highest BCUT2D eigenvalue weighted by atomic mass is 16.2. The molecule has 2 N–H and O–H groups in total. The minimum Gasteiger partial charge on any atom is -0.372 e. The Balaban J connectivity index is 1.20. The van der Waals surface area contributed by atoms with Gasteiger partial charge in [-0.25, -0.2) is 9.97 Å². The number of fused-ring (bicyclic) bond motifs is 4. The van der Waals surface area contributed by atoms with Crippen molar-refractivity contribution in [3.63, 3.8) is 0 Å². The monoisotopic (exact) mass is 435 g/mol.